The van der Waals surface area contributed by atoms with E-state index < -0.39 is 6.16 Å². The summed E-state index contributed by atoms with van der Waals surface area (Å²) in [5, 5.41) is 7.78. The standard InChI is InChI=1S/C22H23N3O3/c1-5-11-18-15(6-2)16(7-3)19(17(18)8-4)14-27-22(26)28-25-21-13-10-9-12-20(21)23-24-25/h5-13,19H,1,14H2,2-4H3/b15-6?,16-7+,17-8+,18-11-. The van der Waals surface area contributed by atoms with Gasteiger partial charge in [-0.3, -0.25) is 4.84 Å². The van der Waals surface area contributed by atoms with E-state index in [1.54, 1.807) is 18.2 Å². The number of hydrogen-bond acceptors (Lipinski definition) is 5. The Labute approximate surface area is 164 Å². The second-order valence-electron chi connectivity index (χ2n) is 6.16. The fourth-order valence-corrected chi connectivity index (χ4v) is 3.54. The fraction of sp³-hybridized carbons (Fsp3) is 0.227. The number of ether oxygens (including phenoxy) is 1. The second kappa shape index (κ2) is 8.52. The van der Waals surface area contributed by atoms with Crippen molar-refractivity contribution in [1.82, 2.24) is 15.2 Å². The molecule has 1 fully saturated rings. The van der Waals surface area contributed by atoms with Crippen LogP contribution in [0.1, 0.15) is 20.8 Å². The normalized spacial score (nSPS) is 22.5. The van der Waals surface area contributed by atoms with E-state index in [2.05, 4.69) is 23.0 Å². The summed E-state index contributed by atoms with van der Waals surface area (Å²) in [6, 6.07) is 7.21. The van der Waals surface area contributed by atoms with E-state index in [0.717, 1.165) is 27.1 Å². The number of nitrogens with zero attached hydrogens (tertiary/aromatic N) is 3. The molecule has 1 aliphatic carbocycles. The molecule has 1 aromatic carbocycles. The Kier molecular flexibility index (Phi) is 5.89. The van der Waals surface area contributed by atoms with E-state index in [4.69, 9.17) is 9.57 Å². The quantitative estimate of drug-likeness (QED) is 0.576. The van der Waals surface area contributed by atoms with Gasteiger partial charge in [0.1, 0.15) is 17.6 Å². The molecule has 0 saturated heterocycles. The molecular weight excluding hydrogens is 354 g/mol. The first kappa shape index (κ1) is 19.4. The first-order chi connectivity index (χ1) is 13.6. The summed E-state index contributed by atoms with van der Waals surface area (Å²) < 4.78 is 5.42. The van der Waals surface area contributed by atoms with Crippen LogP contribution in [0.2, 0.25) is 0 Å². The smallest absolute Gasteiger partial charge is 0.432 e. The van der Waals surface area contributed by atoms with Crippen LogP contribution in [0.5, 0.6) is 0 Å². The number of aromatic nitrogens is 3. The maximum atomic E-state index is 12.2. The van der Waals surface area contributed by atoms with Gasteiger partial charge in [-0.1, -0.05) is 53.9 Å². The van der Waals surface area contributed by atoms with Gasteiger partial charge in [-0.25, -0.2) is 4.79 Å². The Morgan fingerprint density at radius 3 is 2.54 bits per heavy atom. The summed E-state index contributed by atoms with van der Waals surface area (Å²) in [6.45, 7) is 9.93. The third kappa shape index (κ3) is 3.53. The number of benzene rings is 1. The lowest BCUT2D eigenvalue weighted by molar-refractivity contribution is 0.0358. The number of fused-ring (bicyclic) bond motifs is 1. The van der Waals surface area contributed by atoms with Gasteiger partial charge in [0.15, 0.2) is 0 Å². The third-order valence-corrected chi connectivity index (χ3v) is 4.71. The van der Waals surface area contributed by atoms with E-state index in [1.165, 1.54) is 0 Å². The van der Waals surface area contributed by atoms with Crippen molar-refractivity contribution < 1.29 is 14.4 Å². The van der Waals surface area contributed by atoms with E-state index >= 15 is 0 Å². The van der Waals surface area contributed by atoms with Gasteiger partial charge < -0.3 is 4.74 Å². The summed E-state index contributed by atoms with van der Waals surface area (Å²) in [7, 11) is 0. The average molecular weight is 377 g/mol. The minimum Gasteiger partial charge on any atom is -0.432 e. The number of carbonyl (C=O) groups is 1. The number of para-hydroxylation sites is 1. The Hall–Kier alpha value is -3.41. The van der Waals surface area contributed by atoms with E-state index in [1.807, 2.05) is 51.1 Å². The molecule has 2 aromatic rings. The van der Waals surface area contributed by atoms with Crippen molar-refractivity contribution in [3.8, 4) is 0 Å². The lowest BCUT2D eigenvalue weighted by atomic mass is 9.98. The zero-order chi connectivity index (χ0) is 20.1. The minimum atomic E-state index is -0.829. The Balaban J connectivity index is 1.76. The average Bonchev–Trinajstić information content (AvgIpc) is 3.24. The molecule has 0 radical (unpaired) electrons. The van der Waals surface area contributed by atoms with Crippen LogP contribution in [0.15, 0.2) is 83.5 Å². The maximum absolute atomic E-state index is 12.2. The van der Waals surface area contributed by atoms with Crippen molar-refractivity contribution in [2.75, 3.05) is 6.61 Å². The van der Waals surface area contributed by atoms with Crippen LogP contribution in [0, 0.1) is 5.92 Å². The molecule has 1 heterocycles. The molecule has 28 heavy (non-hydrogen) atoms. The summed E-state index contributed by atoms with van der Waals surface area (Å²) >= 11 is 0. The fourth-order valence-electron chi connectivity index (χ4n) is 3.54. The first-order valence-corrected chi connectivity index (χ1v) is 9.12. The van der Waals surface area contributed by atoms with Crippen LogP contribution < -0.4 is 4.84 Å². The number of rotatable bonds is 4. The topological polar surface area (TPSA) is 66.2 Å². The molecule has 1 unspecified atom stereocenters. The Morgan fingerprint density at radius 2 is 1.86 bits per heavy atom. The molecule has 1 aliphatic rings. The SMILES string of the molecule is C=C/C=C1/C(=CC)/C(=C\C)C(COC(=O)On2nnc3ccccc32)/C1=C/C. The van der Waals surface area contributed by atoms with Crippen molar-refractivity contribution in [1.29, 1.82) is 0 Å². The van der Waals surface area contributed by atoms with Crippen LogP contribution in [0.3, 0.4) is 0 Å². The zero-order valence-corrected chi connectivity index (χ0v) is 16.3. The van der Waals surface area contributed by atoms with Crippen LogP contribution in [0.4, 0.5) is 4.79 Å². The van der Waals surface area contributed by atoms with Crippen molar-refractivity contribution in [2.45, 2.75) is 20.8 Å². The van der Waals surface area contributed by atoms with E-state index in [-0.39, 0.29) is 12.5 Å². The van der Waals surface area contributed by atoms with E-state index in [9.17, 15) is 4.79 Å². The van der Waals surface area contributed by atoms with Crippen molar-refractivity contribution in [3.05, 3.63) is 83.5 Å². The van der Waals surface area contributed by atoms with Gasteiger partial charge in [0, 0.05) is 5.92 Å². The number of carbonyl (C=O) groups excluding carboxylic acids is 1. The van der Waals surface area contributed by atoms with Crippen LogP contribution in [-0.2, 0) is 4.74 Å². The van der Waals surface area contributed by atoms with Gasteiger partial charge in [-0.15, -0.1) is 5.10 Å². The highest BCUT2D eigenvalue weighted by molar-refractivity contribution is 5.74. The van der Waals surface area contributed by atoms with Gasteiger partial charge in [0.2, 0.25) is 0 Å². The molecule has 6 nitrogen and oxygen atoms in total. The largest absolute Gasteiger partial charge is 0.535 e. The van der Waals surface area contributed by atoms with Gasteiger partial charge in [0.05, 0.1) is 0 Å². The molecule has 1 atom stereocenters. The molecule has 0 spiro atoms. The molecule has 0 amide bonds. The molecule has 0 aliphatic heterocycles. The van der Waals surface area contributed by atoms with Gasteiger partial charge in [-0.2, -0.15) is 0 Å². The summed E-state index contributed by atoms with van der Waals surface area (Å²) in [5.41, 5.74) is 5.66. The van der Waals surface area contributed by atoms with Crippen molar-refractivity contribution in [2.24, 2.45) is 5.92 Å². The molecule has 144 valence electrons. The van der Waals surface area contributed by atoms with E-state index in [0.29, 0.717) is 11.0 Å². The molecule has 3 rings (SSSR count). The zero-order valence-electron chi connectivity index (χ0n) is 16.3. The lowest BCUT2D eigenvalue weighted by Gasteiger charge is -2.14. The maximum Gasteiger partial charge on any atom is 0.535 e. The number of allylic oxidation sites excluding steroid dienone is 7. The minimum absolute atomic E-state index is 0.0626. The molecule has 0 bridgehead atoms. The highest BCUT2D eigenvalue weighted by Gasteiger charge is 2.34. The summed E-state index contributed by atoms with van der Waals surface area (Å²) in [5.74, 6) is -0.0626. The van der Waals surface area contributed by atoms with Crippen LogP contribution >= 0.6 is 0 Å². The molecule has 0 N–H and O–H groups in total. The van der Waals surface area contributed by atoms with Crippen LogP contribution in [0.25, 0.3) is 11.0 Å². The van der Waals surface area contributed by atoms with Crippen molar-refractivity contribution >= 4 is 17.2 Å². The van der Waals surface area contributed by atoms with Gasteiger partial charge in [-0.05, 0) is 60.4 Å². The molecule has 6 heteroatoms. The van der Waals surface area contributed by atoms with Gasteiger partial charge in [0.25, 0.3) is 0 Å². The predicted octanol–water partition coefficient (Wildman–Crippen LogP) is 4.58. The Bertz CT molecular complexity index is 1020. The number of hydrogen-bond donors (Lipinski definition) is 0. The summed E-state index contributed by atoms with van der Waals surface area (Å²) in [4.78, 5) is 18.5. The summed E-state index contributed by atoms with van der Waals surface area (Å²) in [6.07, 6.45) is 9.07. The van der Waals surface area contributed by atoms with Crippen LogP contribution in [-0.4, -0.2) is 27.9 Å². The lowest BCUT2D eigenvalue weighted by Crippen LogP contribution is -2.24. The van der Waals surface area contributed by atoms with Gasteiger partial charge >= 0.3 is 6.16 Å². The molecule has 1 aromatic heterocycles. The molecule has 1 saturated carbocycles. The highest BCUT2D eigenvalue weighted by Crippen LogP contribution is 2.44. The predicted molar refractivity (Wildman–Crippen MR) is 108 cm³/mol. The monoisotopic (exact) mass is 377 g/mol. The van der Waals surface area contributed by atoms with Crippen molar-refractivity contribution in [3.63, 3.8) is 0 Å². The highest BCUT2D eigenvalue weighted by atomic mass is 16.8. The molecular formula is C22H23N3O3. The Morgan fingerprint density at radius 1 is 1.14 bits per heavy atom. The third-order valence-electron chi connectivity index (χ3n) is 4.71. The second-order valence-corrected chi connectivity index (χ2v) is 6.16. The first-order valence-electron chi connectivity index (χ1n) is 9.12.